The SMILES string of the molecule is O=C(Nc1ccccc1)c1[c]ccc(Cl)c1. The summed E-state index contributed by atoms with van der Waals surface area (Å²) in [6.45, 7) is 0. The van der Waals surface area contributed by atoms with Crippen LogP contribution in [-0.4, -0.2) is 5.91 Å². The number of benzene rings is 2. The van der Waals surface area contributed by atoms with E-state index in [0.717, 1.165) is 5.69 Å². The molecule has 0 saturated heterocycles. The van der Waals surface area contributed by atoms with Crippen LogP contribution in [0.25, 0.3) is 0 Å². The van der Waals surface area contributed by atoms with E-state index < -0.39 is 0 Å². The summed E-state index contributed by atoms with van der Waals surface area (Å²) >= 11 is 5.79. The Bertz CT molecular complexity index is 496. The van der Waals surface area contributed by atoms with Gasteiger partial charge in [0.25, 0.3) is 5.91 Å². The lowest BCUT2D eigenvalue weighted by Crippen LogP contribution is -2.11. The van der Waals surface area contributed by atoms with Gasteiger partial charge in [0, 0.05) is 16.3 Å². The maximum atomic E-state index is 11.8. The highest BCUT2D eigenvalue weighted by molar-refractivity contribution is 6.31. The Balaban J connectivity index is 2.15. The van der Waals surface area contributed by atoms with Crippen molar-refractivity contribution in [1.29, 1.82) is 0 Å². The van der Waals surface area contributed by atoms with Gasteiger partial charge in [0.2, 0.25) is 0 Å². The summed E-state index contributed by atoms with van der Waals surface area (Å²) < 4.78 is 0. The number of anilines is 1. The Morgan fingerprint density at radius 2 is 1.94 bits per heavy atom. The molecule has 0 aromatic heterocycles. The molecule has 3 heteroatoms. The molecule has 1 amide bonds. The van der Waals surface area contributed by atoms with Crippen molar-refractivity contribution in [1.82, 2.24) is 0 Å². The van der Waals surface area contributed by atoms with Gasteiger partial charge in [-0.05, 0) is 30.3 Å². The number of carbonyl (C=O) groups excluding carboxylic acids is 1. The maximum Gasteiger partial charge on any atom is 0.256 e. The van der Waals surface area contributed by atoms with E-state index in [1.54, 1.807) is 18.2 Å². The highest BCUT2D eigenvalue weighted by Gasteiger charge is 2.05. The van der Waals surface area contributed by atoms with E-state index >= 15 is 0 Å². The van der Waals surface area contributed by atoms with Crippen LogP contribution in [0.1, 0.15) is 10.4 Å². The summed E-state index contributed by atoms with van der Waals surface area (Å²) in [5, 5.41) is 3.28. The first kappa shape index (κ1) is 10.7. The molecule has 0 fully saturated rings. The summed E-state index contributed by atoms with van der Waals surface area (Å²) in [5.41, 5.74) is 1.18. The number of hydrogen-bond acceptors (Lipinski definition) is 1. The van der Waals surface area contributed by atoms with Gasteiger partial charge in [0.1, 0.15) is 0 Å². The molecular weight excluding hydrogens is 222 g/mol. The van der Waals surface area contributed by atoms with Gasteiger partial charge in [0.05, 0.1) is 0 Å². The summed E-state index contributed by atoms with van der Waals surface area (Å²) in [6, 6.07) is 17.0. The predicted octanol–water partition coefficient (Wildman–Crippen LogP) is 3.39. The number of nitrogens with one attached hydrogen (secondary N) is 1. The molecule has 1 radical (unpaired) electrons. The van der Waals surface area contributed by atoms with Gasteiger partial charge in [0.15, 0.2) is 0 Å². The second-order valence-corrected chi connectivity index (χ2v) is 3.68. The number of halogens is 1. The van der Waals surface area contributed by atoms with Crippen LogP contribution in [0.3, 0.4) is 0 Å². The molecule has 0 unspecified atom stereocenters. The van der Waals surface area contributed by atoms with Gasteiger partial charge in [-0.1, -0.05) is 35.9 Å². The Hall–Kier alpha value is -1.80. The molecule has 2 aromatic rings. The number of para-hydroxylation sites is 1. The molecule has 2 rings (SSSR count). The van der Waals surface area contributed by atoms with E-state index in [0.29, 0.717) is 10.6 Å². The van der Waals surface area contributed by atoms with Gasteiger partial charge in [-0.25, -0.2) is 0 Å². The second-order valence-electron chi connectivity index (χ2n) is 3.24. The molecule has 16 heavy (non-hydrogen) atoms. The smallest absolute Gasteiger partial charge is 0.256 e. The standard InChI is InChI=1S/C13H9ClNO/c14-11-6-4-5-10(9-11)13(16)15-12-7-2-1-3-8-12/h1-4,6-9H,(H,15,16). The fraction of sp³-hybridized carbons (Fsp3) is 0. The molecule has 0 atom stereocenters. The summed E-state index contributed by atoms with van der Waals surface area (Å²) in [6.07, 6.45) is 0. The lowest BCUT2D eigenvalue weighted by molar-refractivity contribution is 0.102. The summed E-state index contributed by atoms with van der Waals surface area (Å²) in [7, 11) is 0. The summed E-state index contributed by atoms with van der Waals surface area (Å²) in [5.74, 6) is -0.214. The van der Waals surface area contributed by atoms with Gasteiger partial charge in [-0.3, -0.25) is 4.79 Å². The minimum atomic E-state index is -0.214. The maximum absolute atomic E-state index is 11.8. The Kier molecular flexibility index (Phi) is 3.22. The van der Waals surface area contributed by atoms with Crippen LogP contribution in [0.2, 0.25) is 5.02 Å². The Labute approximate surface area is 98.9 Å². The lowest BCUT2D eigenvalue weighted by atomic mass is 10.2. The van der Waals surface area contributed by atoms with Crippen molar-refractivity contribution in [2.75, 3.05) is 5.32 Å². The monoisotopic (exact) mass is 230 g/mol. The molecule has 79 valence electrons. The van der Waals surface area contributed by atoms with E-state index in [2.05, 4.69) is 11.4 Å². The van der Waals surface area contributed by atoms with E-state index in [1.165, 1.54) is 0 Å². The minimum absolute atomic E-state index is 0.214. The van der Waals surface area contributed by atoms with Crippen molar-refractivity contribution in [2.24, 2.45) is 0 Å². The highest BCUT2D eigenvalue weighted by Crippen LogP contribution is 2.12. The largest absolute Gasteiger partial charge is 0.322 e. The number of amides is 1. The third-order valence-corrected chi connectivity index (χ3v) is 2.27. The van der Waals surface area contributed by atoms with Crippen LogP contribution in [0, 0.1) is 6.07 Å². The molecule has 2 aromatic carbocycles. The van der Waals surface area contributed by atoms with Crippen LogP contribution in [0.5, 0.6) is 0 Å². The van der Waals surface area contributed by atoms with Gasteiger partial charge >= 0.3 is 0 Å². The molecule has 0 bridgehead atoms. The van der Waals surface area contributed by atoms with E-state index in [1.807, 2.05) is 30.3 Å². The van der Waals surface area contributed by atoms with Crippen LogP contribution in [0.15, 0.2) is 48.5 Å². The zero-order valence-electron chi connectivity index (χ0n) is 8.41. The van der Waals surface area contributed by atoms with Crippen LogP contribution in [0.4, 0.5) is 5.69 Å². The third-order valence-electron chi connectivity index (χ3n) is 2.04. The van der Waals surface area contributed by atoms with E-state index in [9.17, 15) is 4.79 Å². The number of hydrogen-bond donors (Lipinski definition) is 1. The van der Waals surface area contributed by atoms with Crippen molar-refractivity contribution in [3.8, 4) is 0 Å². The fourth-order valence-corrected chi connectivity index (χ4v) is 1.46. The molecule has 0 aliphatic carbocycles. The van der Waals surface area contributed by atoms with E-state index in [-0.39, 0.29) is 5.91 Å². The second kappa shape index (κ2) is 4.81. The van der Waals surface area contributed by atoms with Crippen LogP contribution in [-0.2, 0) is 0 Å². The van der Waals surface area contributed by atoms with Crippen molar-refractivity contribution < 1.29 is 4.79 Å². The molecule has 2 nitrogen and oxygen atoms in total. The quantitative estimate of drug-likeness (QED) is 0.842. The average molecular weight is 231 g/mol. The molecule has 0 aliphatic heterocycles. The zero-order chi connectivity index (χ0) is 11.4. The summed E-state index contributed by atoms with van der Waals surface area (Å²) in [4.78, 5) is 11.8. The molecular formula is C13H9ClNO. The molecule has 0 spiro atoms. The van der Waals surface area contributed by atoms with Crippen molar-refractivity contribution in [3.63, 3.8) is 0 Å². The third kappa shape index (κ3) is 2.61. The zero-order valence-corrected chi connectivity index (χ0v) is 9.16. The van der Waals surface area contributed by atoms with Gasteiger partial charge < -0.3 is 5.32 Å². The number of rotatable bonds is 2. The molecule has 0 heterocycles. The highest BCUT2D eigenvalue weighted by atomic mass is 35.5. The minimum Gasteiger partial charge on any atom is -0.322 e. The number of carbonyl (C=O) groups is 1. The Morgan fingerprint density at radius 3 is 2.62 bits per heavy atom. The lowest BCUT2D eigenvalue weighted by Gasteiger charge is -2.04. The first-order chi connectivity index (χ1) is 7.75. The first-order valence-corrected chi connectivity index (χ1v) is 5.17. The molecule has 1 N–H and O–H groups in total. The predicted molar refractivity (Wildman–Crippen MR) is 64.7 cm³/mol. The molecule has 0 aliphatic rings. The van der Waals surface area contributed by atoms with Crippen molar-refractivity contribution in [3.05, 3.63) is 65.2 Å². The van der Waals surface area contributed by atoms with Gasteiger partial charge in [-0.2, -0.15) is 0 Å². The van der Waals surface area contributed by atoms with Crippen molar-refractivity contribution in [2.45, 2.75) is 0 Å². The fourth-order valence-electron chi connectivity index (χ4n) is 1.29. The van der Waals surface area contributed by atoms with Crippen LogP contribution >= 0.6 is 11.6 Å². The Morgan fingerprint density at radius 1 is 1.19 bits per heavy atom. The topological polar surface area (TPSA) is 29.1 Å². The first-order valence-electron chi connectivity index (χ1n) is 4.79. The average Bonchev–Trinajstić information content (AvgIpc) is 2.30. The van der Waals surface area contributed by atoms with Gasteiger partial charge in [-0.15, -0.1) is 0 Å². The molecule has 0 saturated carbocycles. The van der Waals surface area contributed by atoms with E-state index in [4.69, 9.17) is 11.6 Å². The van der Waals surface area contributed by atoms with Crippen molar-refractivity contribution >= 4 is 23.2 Å². The van der Waals surface area contributed by atoms with Crippen LogP contribution < -0.4 is 5.32 Å². The normalized spacial score (nSPS) is 9.81.